The summed E-state index contributed by atoms with van der Waals surface area (Å²) in [6.45, 7) is 0. The van der Waals surface area contributed by atoms with Crippen molar-refractivity contribution in [2.45, 2.75) is 0 Å². The first-order valence-corrected chi connectivity index (χ1v) is 11.8. The predicted molar refractivity (Wildman–Crippen MR) is 143 cm³/mol. The number of aromatic amines is 1. The molecule has 6 rings (SSSR count). The maximum atomic E-state index is 13.5. The lowest BCUT2D eigenvalue weighted by Gasteiger charge is -2.12. The number of urea groups is 1. The molecule has 1 aromatic heterocycles. The first kappa shape index (κ1) is 23.0. The molecule has 0 atom stereocenters. The largest absolute Gasteiger partial charge is 0.497 e. The zero-order valence-electron chi connectivity index (χ0n) is 20.2. The number of methoxy groups -OCH3 is 1. The highest BCUT2D eigenvalue weighted by molar-refractivity contribution is 6.27. The zero-order chi connectivity index (χ0) is 26.2. The molecule has 0 bridgehead atoms. The highest BCUT2D eigenvalue weighted by Gasteiger charge is 2.35. The van der Waals surface area contributed by atoms with E-state index in [0.717, 1.165) is 16.3 Å². The average Bonchev–Trinajstić information content (AvgIpc) is 3.51. The molecule has 38 heavy (non-hydrogen) atoms. The number of carbonyl (C=O) groups excluding carboxylic acids is 3. The molecule has 1 heterocycles. The van der Waals surface area contributed by atoms with Crippen molar-refractivity contribution >= 4 is 34.2 Å². The van der Waals surface area contributed by atoms with Crippen molar-refractivity contribution in [3.63, 3.8) is 0 Å². The fourth-order valence-corrected chi connectivity index (χ4v) is 4.62. The van der Waals surface area contributed by atoms with Crippen LogP contribution in [0.1, 0.15) is 26.3 Å². The topological polar surface area (TPSA) is 125 Å². The molecule has 3 amide bonds. The van der Waals surface area contributed by atoms with Crippen LogP contribution in [-0.4, -0.2) is 35.0 Å². The van der Waals surface area contributed by atoms with Gasteiger partial charge in [-0.25, -0.2) is 10.2 Å². The van der Waals surface area contributed by atoms with E-state index in [1.165, 1.54) is 0 Å². The van der Waals surface area contributed by atoms with Gasteiger partial charge in [-0.1, -0.05) is 42.5 Å². The van der Waals surface area contributed by atoms with Crippen molar-refractivity contribution in [2.24, 2.45) is 0 Å². The van der Waals surface area contributed by atoms with E-state index in [9.17, 15) is 14.4 Å². The van der Waals surface area contributed by atoms with Gasteiger partial charge in [-0.15, -0.1) is 0 Å². The van der Waals surface area contributed by atoms with Crippen molar-refractivity contribution in [1.29, 1.82) is 0 Å². The van der Waals surface area contributed by atoms with E-state index in [2.05, 4.69) is 26.4 Å². The van der Waals surface area contributed by atoms with Crippen molar-refractivity contribution in [1.82, 2.24) is 21.0 Å². The Balaban J connectivity index is 1.19. The Morgan fingerprint density at radius 1 is 0.842 bits per heavy atom. The van der Waals surface area contributed by atoms with Gasteiger partial charge in [0.15, 0.2) is 5.78 Å². The van der Waals surface area contributed by atoms with Crippen molar-refractivity contribution in [3.8, 4) is 28.3 Å². The summed E-state index contributed by atoms with van der Waals surface area (Å²) in [5, 5.41) is 11.9. The van der Waals surface area contributed by atoms with E-state index in [4.69, 9.17) is 4.74 Å². The molecule has 0 radical (unpaired) electrons. The molecule has 0 aliphatic heterocycles. The Morgan fingerprint density at radius 2 is 1.63 bits per heavy atom. The zero-order valence-corrected chi connectivity index (χ0v) is 20.2. The van der Waals surface area contributed by atoms with Crippen LogP contribution in [0.15, 0.2) is 84.9 Å². The van der Waals surface area contributed by atoms with Gasteiger partial charge >= 0.3 is 6.03 Å². The second-order valence-corrected chi connectivity index (χ2v) is 8.70. The Kier molecular flexibility index (Phi) is 5.57. The fourth-order valence-electron chi connectivity index (χ4n) is 4.62. The van der Waals surface area contributed by atoms with E-state index in [0.29, 0.717) is 45.1 Å². The number of hydrogen-bond acceptors (Lipinski definition) is 5. The van der Waals surface area contributed by atoms with E-state index in [1.54, 1.807) is 49.6 Å². The molecule has 1 aliphatic carbocycles. The minimum absolute atomic E-state index is 0.259. The molecule has 1 aliphatic rings. The summed E-state index contributed by atoms with van der Waals surface area (Å²) in [4.78, 5) is 38.7. The van der Waals surface area contributed by atoms with Gasteiger partial charge in [0, 0.05) is 16.7 Å². The minimum Gasteiger partial charge on any atom is -0.497 e. The monoisotopic (exact) mass is 503 g/mol. The molecule has 4 aromatic carbocycles. The van der Waals surface area contributed by atoms with Gasteiger partial charge in [0.1, 0.15) is 11.4 Å². The second-order valence-electron chi connectivity index (χ2n) is 8.70. The number of hydrogen-bond donors (Lipinski definition) is 4. The Bertz CT molecular complexity index is 1740. The normalized spacial score (nSPS) is 11.6. The Morgan fingerprint density at radius 3 is 2.42 bits per heavy atom. The van der Waals surface area contributed by atoms with Crippen LogP contribution in [0.4, 0.5) is 10.5 Å². The second kappa shape index (κ2) is 9.21. The summed E-state index contributed by atoms with van der Waals surface area (Å²) in [6, 6.07) is 24.7. The standard InChI is InChI=1S/C29H21N5O4/c1-38-20-13-11-17(12-14-20)25-24-26(32-31-25)21-7-4-8-22(23(21)27(24)35)30-29(37)34-33-28(36)19-10-9-16-5-2-3-6-18(16)15-19/h2-15H,1H3,(H,31,32)(H,33,36)(H2,30,34,37). The summed E-state index contributed by atoms with van der Waals surface area (Å²) in [6.07, 6.45) is 0. The number of aromatic nitrogens is 2. The SMILES string of the molecule is COc1ccc(-c2[nH]nc3c2C(=O)c2c(NC(=O)NNC(=O)c4ccc5ccccc5c4)cccc2-3)cc1. The number of anilines is 1. The number of ether oxygens (including phenoxy) is 1. The molecule has 0 saturated carbocycles. The van der Waals surface area contributed by atoms with Crippen LogP contribution in [0.3, 0.4) is 0 Å². The van der Waals surface area contributed by atoms with Crippen LogP contribution in [0.2, 0.25) is 0 Å². The number of benzene rings is 4. The lowest BCUT2D eigenvalue weighted by atomic mass is 10.0. The van der Waals surface area contributed by atoms with Gasteiger partial charge in [0.2, 0.25) is 0 Å². The van der Waals surface area contributed by atoms with Crippen molar-refractivity contribution < 1.29 is 19.1 Å². The number of carbonyl (C=O) groups is 3. The van der Waals surface area contributed by atoms with E-state index < -0.39 is 11.9 Å². The maximum Gasteiger partial charge on any atom is 0.337 e. The average molecular weight is 504 g/mol. The van der Waals surface area contributed by atoms with Gasteiger partial charge in [-0.2, -0.15) is 5.10 Å². The summed E-state index contributed by atoms with van der Waals surface area (Å²) in [5.74, 6) is -0.0279. The molecule has 0 spiro atoms. The molecule has 5 aromatic rings. The highest BCUT2D eigenvalue weighted by atomic mass is 16.5. The summed E-state index contributed by atoms with van der Waals surface area (Å²) in [7, 11) is 1.59. The molecule has 0 unspecified atom stereocenters. The molecule has 9 nitrogen and oxygen atoms in total. The van der Waals surface area contributed by atoms with Crippen LogP contribution in [-0.2, 0) is 0 Å². The molecular weight excluding hydrogens is 482 g/mol. The van der Waals surface area contributed by atoms with Crippen LogP contribution in [0.25, 0.3) is 33.3 Å². The first-order valence-electron chi connectivity index (χ1n) is 11.8. The van der Waals surface area contributed by atoms with Crippen LogP contribution in [0.5, 0.6) is 5.75 Å². The number of hydrazine groups is 1. The number of amides is 3. The van der Waals surface area contributed by atoms with Gasteiger partial charge in [0.25, 0.3) is 5.91 Å². The molecule has 0 saturated heterocycles. The van der Waals surface area contributed by atoms with Gasteiger partial charge in [0.05, 0.1) is 29.6 Å². The van der Waals surface area contributed by atoms with Crippen LogP contribution in [0, 0.1) is 0 Å². The van der Waals surface area contributed by atoms with E-state index >= 15 is 0 Å². The highest BCUT2D eigenvalue weighted by Crippen LogP contribution is 2.43. The number of fused-ring (bicyclic) bond motifs is 4. The van der Waals surface area contributed by atoms with Crippen LogP contribution >= 0.6 is 0 Å². The first-order chi connectivity index (χ1) is 18.5. The third-order valence-electron chi connectivity index (χ3n) is 6.47. The summed E-state index contributed by atoms with van der Waals surface area (Å²) < 4.78 is 5.22. The van der Waals surface area contributed by atoms with Crippen molar-refractivity contribution in [2.75, 3.05) is 12.4 Å². The van der Waals surface area contributed by atoms with Gasteiger partial charge < -0.3 is 10.1 Å². The Labute approximate surface area is 216 Å². The number of nitrogens with zero attached hydrogens (tertiary/aromatic N) is 1. The summed E-state index contributed by atoms with van der Waals surface area (Å²) >= 11 is 0. The number of nitrogens with one attached hydrogen (secondary N) is 4. The smallest absolute Gasteiger partial charge is 0.337 e. The lowest BCUT2D eigenvalue weighted by Crippen LogP contribution is -2.44. The Hall–Kier alpha value is -5.44. The van der Waals surface area contributed by atoms with Gasteiger partial charge in [-0.3, -0.25) is 20.1 Å². The van der Waals surface area contributed by atoms with Crippen molar-refractivity contribution in [3.05, 3.63) is 102 Å². The molecule has 186 valence electrons. The van der Waals surface area contributed by atoms with E-state index in [-0.39, 0.29) is 5.78 Å². The number of H-pyrrole nitrogens is 1. The minimum atomic E-state index is -0.693. The fraction of sp³-hybridized carbons (Fsp3) is 0.0345. The third kappa shape index (κ3) is 3.92. The number of ketones is 1. The third-order valence-corrected chi connectivity index (χ3v) is 6.47. The molecule has 0 fully saturated rings. The van der Waals surface area contributed by atoms with Gasteiger partial charge in [-0.05, 0) is 53.2 Å². The predicted octanol–water partition coefficient (Wildman–Crippen LogP) is 4.92. The van der Waals surface area contributed by atoms with E-state index in [1.807, 2.05) is 42.5 Å². The molecule has 4 N–H and O–H groups in total. The molecule has 9 heteroatoms. The quantitative estimate of drug-likeness (QED) is 0.254. The lowest BCUT2D eigenvalue weighted by molar-refractivity contribution is 0.0937. The summed E-state index contributed by atoms with van der Waals surface area (Å²) in [5.41, 5.74) is 8.73. The number of rotatable bonds is 4. The maximum absolute atomic E-state index is 13.5. The molecular formula is C29H21N5O4. The van der Waals surface area contributed by atoms with Crippen LogP contribution < -0.4 is 20.9 Å².